The first kappa shape index (κ1) is 19.6. The van der Waals surface area contributed by atoms with Gasteiger partial charge in [0.25, 0.3) is 0 Å². The minimum absolute atomic E-state index is 0.169. The van der Waals surface area contributed by atoms with Crippen LogP contribution in [0.1, 0.15) is 42.9 Å². The number of imide groups is 1. The van der Waals surface area contributed by atoms with Crippen LogP contribution in [0.3, 0.4) is 0 Å². The lowest BCUT2D eigenvalue weighted by Gasteiger charge is -2.28. The van der Waals surface area contributed by atoms with E-state index < -0.39 is 6.03 Å². The topological polar surface area (TPSA) is 58.6 Å². The van der Waals surface area contributed by atoms with Crippen molar-refractivity contribution in [3.8, 4) is 5.75 Å². The summed E-state index contributed by atoms with van der Waals surface area (Å²) in [5, 5.41) is 2.35. The molecule has 3 rings (SSSR count). The Bertz CT molecular complexity index is 920. The highest BCUT2D eigenvalue weighted by Gasteiger charge is 2.26. The molecule has 1 aliphatic heterocycles. The van der Waals surface area contributed by atoms with E-state index in [9.17, 15) is 14.0 Å². The molecule has 2 aromatic rings. The standard InChI is InChI=1S/C22H23FN2O3/c1-14(2)19-13-18(25-11-10-20(26)24-22(25)27)12-16(21(19)28-3)7-4-15-5-8-17(23)9-6-15/h4-9,12-14H,10-11H2,1-3H3,(H,24,26,27)/b7-4+. The number of hydrogen-bond donors (Lipinski definition) is 1. The van der Waals surface area contributed by atoms with Crippen LogP contribution in [0.25, 0.3) is 12.2 Å². The van der Waals surface area contributed by atoms with Gasteiger partial charge in [-0.1, -0.05) is 38.1 Å². The molecule has 1 N–H and O–H groups in total. The van der Waals surface area contributed by atoms with Gasteiger partial charge in [-0.15, -0.1) is 0 Å². The average Bonchev–Trinajstić information content (AvgIpc) is 2.66. The Balaban J connectivity index is 2.04. The fourth-order valence-electron chi connectivity index (χ4n) is 3.17. The molecule has 1 saturated heterocycles. The third kappa shape index (κ3) is 4.22. The van der Waals surface area contributed by atoms with Crippen LogP contribution in [-0.2, 0) is 4.79 Å². The third-order valence-electron chi connectivity index (χ3n) is 4.65. The van der Waals surface area contributed by atoms with Crippen LogP contribution in [-0.4, -0.2) is 25.6 Å². The zero-order valence-electron chi connectivity index (χ0n) is 16.2. The van der Waals surface area contributed by atoms with Crippen molar-refractivity contribution in [1.82, 2.24) is 5.32 Å². The Morgan fingerprint density at radius 1 is 1.14 bits per heavy atom. The van der Waals surface area contributed by atoms with Gasteiger partial charge in [0.2, 0.25) is 5.91 Å². The molecule has 0 bridgehead atoms. The number of carbonyl (C=O) groups is 2. The van der Waals surface area contributed by atoms with Gasteiger partial charge < -0.3 is 4.74 Å². The fourth-order valence-corrected chi connectivity index (χ4v) is 3.17. The number of nitrogens with one attached hydrogen (secondary N) is 1. The lowest BCUT2D eigenvalue weighted by atomic mass is 9.96. The minimum Gasteiger partial charge on any atom is -0.496 e. The molecule has 28 heavy (non-hydrogen) atoms. The summed E-state index contributed by atoms with van der Waals surface area (Å²) in [7, 11) is 1.61. The van der Waals surface area contributed by atoms with Gasteiger partial charge in [-0.05, 0) is 41.3 Å². The molecular formula is C22H23FN2O3. The van der Waals surface area contributed by atoms with E-state index in [4.69, 9.17) is 4.74 Å². The van der Waals surface area contributed by atoms with E-state index in [1.807, 2.05) is 24.3 Å². The molecule has 6 heteroatoms. The van der Waals surface area contributed by atoms with E-state index in [1.165, 1.54) is 12.1 Å². The highest BCUT2D eigenvalue weighted by atomic mass is 19.1. The molecule has 146 valence electrons. The molecule has 0 unspecified atom stereocenters. The number of benzene rings is 2. The highest BCUT2D eigenvalue weighted by molar-refractivity contribution is 6.05. The van der Waals surface area contributed by atoms with Crippen LogP contribution in [0.5, 0.6) is 5.75 Å². The largest absolute Gasteiger partial charge is 0.496 e. The molecular weight excluding hydrogens is 359 g/mol. The van der Waals surface area contributed by atoms with Crippen molar-refractivity contribution in [3.63, 3.8) is 0 Å². The van der Waals surface area contributed by atoms with E-state index in [0.29, 0.717) is 12.2 Å². The molecule has 3 amide bonds. The molecule has 2 aromatic carbocycles. The molecule has 0 radical (unpaired) electrons. The Hall–Kier alpha value is -3.15. The summed E-state index contributed by atoms with van der Waals surface area (Å²) >= 11 is 0. The first-order valence-corrected chi connectivity index (χ1v) is 9.16. The summed E-state index contributed by atoms with van der Waals surface area (Å²) in [4.78, 5) is 25.3. The normalized spacial score (nSPS) is 14.7. The summed E-state index contributed by atoms with van der Waals surface area (Å²) in [6, 6.07) is 9.55. The Labute approximate surface area is 163 Å². The van der Waals surface area contributed by atoms with Crippen LogP contribution in [0.2, 0.25) is 0 Å². The highest BCUT2D eigenvalue weighted by Crippen LogP contribution is 2.36. The summed E-state index contributed by atoms with van der Waals surface area (Å²) in [5.74, 6) is 0.340. The maximum Gasteiger partial charge on any atom is 0.328 e. The molecule has 0 aliphatic carbocycles. The van der Waals surface area contributed by atoms with Gasteiger partial charge in [0.15, 0.2) is 0 Å². The third-order valence-corrected chi connectivity index (χ3v) is 4.65. The number of urea groups is 1. The monoisotopic (exact) mass is 382 g/mol. The zero-order chi connectivity index (χ0) is 20.3. The molecule has 1 fully saturated rings. The zero-order valence-corrected chi connectivity index (χ0v) is 16.2. The van der Waals surface area contributed by atoms with Crippen molar-refractivity contribution >= 4 is 29.8 Å². The number of halogens is 1. The predicted molar refractivity (Wildman–Crippen MR) is 108 cm³/mol. The van der Waals surface area contributed by atoms with Crippen molar-refractivity contribution in [2.24, 2.45) is 0 Å². The van der Waals surface area contributed by atoms with Crippen molar-refractivity contribution in [2.45, 2.75) is 26.2 Å². The fraction of sp³-hybridized carbons (Fsp3) is 0.273. The lowest BCUT2D eigenvalue weighted by molar-refractivity contribution is -0.120. The SMILES string of the molecule is COc1c(/C=C/c2ccc(F)cc2)cc(N2CCC(=O)NC2=O)cc1C(C)C. The van der Waals surface area contributed by atoms with E-state index in [0.717, 1.165) is 22.4 Å². The van der Waals surface area contributed by atoms with Gasteiger partial charge in [0, 0.05) is 24.2 Å². The molecule has 0 aromatic heterocycles. The summed E-state index contributed by atoms with van der Waals surface area (Å²) in [6.45, 7) is 4.43. The van der Waals surface area contributed by atoms with Crippen LogP contribution in [0.15, 0.2) is 36.4 Å². The van der Waals surface area contributed by atoms with Gasteiger partial charge in [0.1, 0.15) is 11.6 Å². The average molecular weight is 382 g/mol. The number of anilines is 1. The van der Waals surface area contributed by atoms with Crippen LogP contribution >= 0.6 is 0 Å². The predicted octanol–water partition coefficient (Wildman–Crippen LogP) is 4.57. The second-order valence-corrected chi connectivity index (χ2v) is 6.95. The molecule has 0 saturated carbocycles. The molecule has 0 spiro atoms. The van der Waals surface area contributed by atoms with E-state index in [2.05, 4.69) is 19.2 Å². The molecule has 0 atom stereocenters. The second-order valence-electron chi connectivity index (χ2n) is 6.95. The van der Waals surface area contributed by atoms with Crippen molar-refractivity contribution in [2.75, 3.05) is 18.6 Å². The van der Waals surface area contributed by atoms with Crippen molar-refractivity contribution < 1.29 is 18.7 Å². The Kier molecular flexibility index (Phi) is 5.78. The maximum atomic E-state index is 13.1. The van der Waals surface area contributed by atoms with Gasteiger partial charge in [-0.25, -0.2) is 9.18 Å². The van der Waals surface area contributed by atoms with E-state index >= 15 is 0 Å². The maximum absolute atomic E-state index is 13.1. The van der Waals surface area contributed by atoms with Crippen LogP contribution in [0, 0.1) is 5.82 Å². The van der Waals surface area contributed by atoms with Gasteiger partial charge in [0.05, 0.1) is 7.11 Å². The van der Waals surface area contributed by atoms with Gasteiger partial charge in [-0.3, -0.25) is 15.0 Å². The first-order valence-electron chi connectivity index (χ1n) is 9.16. The quantitative estimate of drug-likeness (QED) is 0.771. The molecule has 1 heterocycles. The van der Waals surface area contributed by atoms with Crippen LogP contribution < -0.4 is 15.0 Å². The Morgan fingerprint density at radius 2 is 1.86 bits per heavy atom. The number of methoxy groups -OCH3 is 1. The smallest absolute Gasteiger partial charge is 0.328 e. The summed E-state index contributed by atoms with van der Waals surface area (Å²) < 4.78 is 18.8. The van der Waals surface area contributed by atoms with Gasteiger partial charge in [-0.2, -0.15) is 0 Å². The number of hydrogen-bond acceptors (Lipinski definition) is 3. The minimum atomic E-state index is -0.426. The number of carbonyl (C=O) groups excluding carboxylic acids is 2. The Morgan fingerprint density at radius 3 is 2.46 bits per heavy atom. The number of ether oxygens (including phenoxy) is 1. The summed E-state index contributed by atoms with van der Waals surface area (Å²) in [5.41, 5.74) is 3.32. The van der Waals surface area contributed by atoms with E-state index in [-0.39, 0.29) is 24.1 Å². The number of rotatable bonds is 5. The summed E-state index contributed by atoms with van der Waals surface area (Å²) in [6.07, 6.45) is 4.01. The number of nitrogens with zero attached hydrogens (tertiary/aromatic N) is 1. The lowest BCUT2D eigenvalue weighted by Crippen LogP contribution is -2.49. The molecule has 1 aliphatic rings. The molecule has 5 nitrogen and oxygen atoms in total. The first-order chi connectivity index (χ1) is 13.4. The van der Waals surface area contributed by atoms with Crippen molar-refractivity contribution in [1.29, 1.82) is 0 Å². The van der Waals surface area contributed by atoms with Crippen molar-refractivity contribution in [3.05, 3.63) is 58.9 Å². The number of amides is 3. The van der Waals surface area contributed by atoms with E-state index in [1.54, 1.807) is 24.1 Å². The van der Waals surface area contributed by atoms with Crippen LogP contribution in [0.4, 0.5) is 14.9 Å². The second kappa shape index (κ2) is 8.25. The van der Waals surface area contributed by atoms with Gasteiger partial charge >= 0.3 is 6.03 Å².